The maximum absolute atomic E-state index is 13.4. The minimum absolute atomic E-state index is 0.113. The molecule has 13 nitrogen and oxygen atoms in total. The molecule has 0 aliphatic carbocycles. The van der Waals surface area contributed by atoms with Crippen LogP contribution in [0.5, 0.6) is 0 Å². The number of nitrogens with two attached hydrogens (primary N) is 3. The normalized spacial score (nSPS) is 14.2. The Morgan fingerprint density at radius 1 is 0.921 bits per heavy atom. The predicted molar refractivity (Wildman–Crippen MR) is 140 cm³/mol. The number of hydrogen-bond acceptors (Lipinski definition) is 7. The number of rotatable bonds is 16. The molecule has 13 heteroatoms. The molecule has 4 atom stereocenters. The second kappa shape index (κ2) is 14.7. The molecule has 0 radical (unpaired) electrons. The van der Waals surface area contributed by atoms with Gasteiger partial charge in [0.15, 0.2) is 0 Å². The number of nitrogens with one attached hydrogen (secondary N) is 4. The summed E-state index contributed by atoms with van der Waals surface area (Å²) in [5.74, 6) is -3.97. The molecule has 0 fully saturated rings. The van der Waals surface area contributed by atoms with Crippen molar-refractivity contribution in [2.24, 2.45) is 17.2 Å². The van der Waals surface area contributed by atoms with Crippen molar-refractivity contribution in [1.82, 2.24) is 20.9 Å². The molecule has 0 saturated heterocycles. The summed E-state index contributed by atoms with van der Waals surface area (Å²) >= 11 is 0. The molecule has 4 amide bonds. The number of aliphatic carboxylic acids is 1. The number of unbranched alkanes of at least 4 members (excludes halogenated alkanes) is 1. The third kappa shape index (κ3) is 9.16. The highest BCUT2D eigenvalue weighted by Gasteiger charge is 2.30. The Hall–Kier alpha value is -3.97. The number of aromatic nitrogens is 1. The van der Waals surface area contributed by atoms with Crippen LogP contribution in [-0.2, 0) is 30.4 Å². The smallest absolute Gasteiger partial charge is 0.326 e. The summed E-state index contributed by atoms with van der Waals surface area (Å²) in [6, 6.07) is 3.05. The van der Waals surface area contributed by atoms with Gasteiger partial charge in [-0.05, 0) is 50.8 Å². The zero-order valence-electron chi connectivity index (χ0n) is 21.4. The van der Waals surface area contributed by atoms with E-state index in [2.05, 4.69) is 20.9 Å². The molecule has 1 aromatic heterocycles. The van der Waals surface area contributed by atoms with E-state index in [1.165, 1.54) is 6.92 Å². The summed E-state index contributed by atoms with van der Waals surface area (Å²) in [7, 11) is 0. The van der Waals surface area contributed by atoms with Crippen molar-refractivity contribution >= 4 is 40.5 Å². The average molecular weight is 532 g/mol. The minimum Gasteiger partial charge on any atom is -0.480 e. The van der Waals surface area contributed by atoms with Gasteiger partial charge in [-0.15, -0.1) is 0 Å². The molecule has 0 spiro atoms. The maximum atomic E-state index is 13.4. The Kier molecular flexibility index (Phi) is 11.7. The standard InChI is InChI=1S/C25H37N7O6/c1-14(27)22(34)32-20(12-15-13-29-17-7-3-2-6-16(15)17)24(36)30-18(8-4-5-11-26)23(35)31-19(25(37)38)9-10-21(28)33/h2-3,6-7,13-14,18-20,29H,4-5,8-12,26-27H2,1H3,(H2,28,33)(H,30,36)(H,31,35)(H,32,34)(H,37,38). The number of hydrogen-bond donors (Lipinski definition) is 8. The maximum Gasteiger partial charge on any atom is 0.326 e. The van der Waals surface area contributed by atoms with Gasteiger partial charge in [0.1, 0.15) is 18.1 Å². The number of carboxylic acid groups (broad SMARTS) is 1. The van der Waals surface area contributed by atoms with Crippen LogP contribution in [0.4, 0.5) is 0 Å². The molecule has 11 N–H and O–H groups in total. The lowest BCUT2D eigenvalue weighted by Crippen LogP contribution is -2.57. The van der Waals surface area contributed by atoms with Crippen molar-refractivity contribution in [2.45, 2.75) is 69.6 Å². The monoisotopic (exact) mass is 531 g/mol. The lowest BCUT2D eigenvalue weighted by molar-refractivity contribution is -0.142. The molecule has 1 heterocycles. The van der Waals surface area contributed by atoms with Crippen LogP contribution in [0.1, 0.15) is 44.6 Å². The summed E-state index contributed by atoms with van der Waals surface area (Å²) in [4.78, 5) is 64.6. The first kappa shape index (κ1) is 30.3. The first-order valence-corrected chi connectivity index (χ1v) is 12.5. The van der Waals surface area contributed by atoms with Gasteiger partial charge in [0.2, 0.25) is 23.6 Å². The van der Waals surface area contributed by atoms with E-state index in [0.717, 1.165) is 16.5 Å². The van der Waals surface area contributed by atoms with E-state index in [1.807, 2.05) is 24.3 Å². The Morgan fingerprint density at radius 3 is 2.18 bits per heavy atom. The van der Waals surface area contributed by atoms with E-state index >= 15 is 0 Å². The molecule has 208 valence electrons. The third-order valence-corrected chi connectivity index (χ3v) is 6.02. The zero-order valence-corrected chi connectivity index (χ0v) is 21.4. The first-order valence-electron chi connectivity index (χ1n) is 12.5. The van der Waals surface area contributed by atoms with Crippen LogP contribution in [0.25, 0.3) is 10.9 Å². The molecule has 0 aliphatic heterocycles. The van der Waals surface area contributed by atoms with Crippen molar-refractivity contribution in [3.63, 3.8) is 0 Å². The van der Waals surface area contributed by atoms with Crippen molar-refractivity contribution in [3.05, 3.63) is 36.0 Å². The SMILES string of the molecule is CC(N)C(=O)NC(Cc1c[nH]c2ccccc12)C(=O)NC(CCCCN)C(=O)NC(CCC(N)=O)C(=O)O. The predicted octanol–water partition coefficient (Wildman–Crippen LogP) is -1.01. The van der Waals surface area contributed by atoms with E-state index in [9.17, 15) is 29.1 Å². The minimum atomic E-state index is -1.37. The molecule has 2 aromatic rings. The first-order chi connectivity index (χ1) is 18.0. The number of amides is 4. The van der Waals surface area contributed by atoms with Gasteiger partial charge in [-0.1, -0.05) is 18.2 Å². The van der Waals surface area contributed by atoms with Gasteiger partial charge >= 0.3 is 5.97 Å². The van der Waals surface area contributed by atoms with E-state index in [-0.39, 0.29) is 25.7 Å². The Bertz CT molecular complexity index is 1130. The van der Waals surface area contributed by atoms with Crippen LogP contribution in [0, 0.1) is 0 Å². The second-order valence-corrected chi connectivity index (χ2v) is 9.16. The fourth-order valence-electron chi connectivity index (χ4n) is 3.88. The Labute approximate surface area is 220 Å². The van der Waals surface area contributed by atoms with E-state index in [0.29, 0.717) is 19.4 Å². The number of carboxylic acids is 1. The molecule has 0 aliphatic rings. The summed E-state index contributed by atoms with van der Waals surface area (Å²) in [6.07, 6.45) is 2.65. The second-order valence-electron chi connectivity index (χ2n) is 9.16. The summed E-state index contributed by atoms with van der Waals surface area (Å²) in [5, 5.41) is 18.0. The number of primary amides is 1. The molecular formula is C25H37N7O6. The highest BCUT2D eigenvalue weighted by Crippen LogP contribution is 2.19. The van der Waals surface area contributed by atoms with Crippen LogP contribution in [0.15, 0.2) is 30.5 Å². The van der Waals surface area contributed by atoms with Gasteiger partial charge in [-0.25, -0.2) is 4.79 Å². The molecular weight excluding hydrogens is 494 g/mol. The fourth-order valence-corrected chi connectivity index (χ4v) is 3.88. The van der Waals surface area contributed by atoms with Crippen molar-refractivity contribution in [1.29, 1.82) is 0 Å². The Balaban J connectivity index is 2.25. The number of aromatic amines is 1. The van der Waals surface area contributed by atoms with Crippen molar-refractivity contribution in [2.75, 3.05) is 6.54 Å². The van der Waals surface area contributed by atoms with Gasteiger partial charge in [0.05, 0.1) is 6.04 Å². The molecule has 38 heavy (non-hydrogen) atoms. The van der Waals surface area contributed by atoms with Gasteiger partial charge in [-0.2, -0.15) is 0 Å². The van der Waals surface area contributed by atoms with Gasteiger partial charge in [0, 0.05) is 29.9 Å². The zero-order chi connectivity index (χ0) is 28.2. The van der Waals surface area contributed by atoms with Crippen LogP contribution in [0.2, 0.25) is 0 Å². The number of carbonyl (C=O) groups excluding carboxylic acids is 4. The fraction of sp³-hybridized carbons (Fsp3) is 0.480. The Morgan fingerprint density at radius 2 is 1.55 bits per heavy atom. The number of benzene rings is 1. The molecule has 0 bridgehead atoms. The van der Waals surface area contributed by atoms with Gasteiger partial charge in [-0.3, -0.25) is 19.2 Å². The lowest BCUT2D eigenvalue weighted by Gasteiger charge is -2.25. The van der Waals surface area contributed by atoms with Gasteiger partial charge < -0.3 is 43.2 Å². The van der Waals surface area contributed by atoms with Crippen LogP contribution in [0.3, 0.4) is 0 Å². The molecule has 1 aromatic carbocycles. The van der Waals surface area contributed by atoms with Gasteiger partial charge in [0.25, 0.3) is 0 Å². The largest absolute Gasteiger partial charge is 0.480 e. The average Bonchev–Trinajstić information content (AvgIpc) is 3.27. The molecule has 4 unspecified atom stereocenters. The van der Waals surface area contributed by atoms with Crippen molar-refractivity contribution < 1.29 is 29.1 Å². The summed E-state index contributed by atoms with van der Waals surface area (Å²) < 4.78 is 0. The third-order valence-electron chi connectivity index (χ3n) is 6.02. The van der Waals surface area contributed by atoms with E-state index in [4.69, 9.17) is 17.2 Å². The summed E-state index contributed by atoms with van der Waals surface area (Å²) in [6.45, 7) is 1.85. The number of carbonyl (C=O) groups is 5. The van der Waals surface area contributed by atoms with Crippen LogP contribution >= 0.6 is 0 Å². The highest BCUT2D eigenvalue weighted by molar-refractivity contribution is 5.95. The van der Waals surface area contributed by atoms with E-state index in [1.54, 1.807) is 6.20 Å². The van der Waals surface area contributed by atoms with Crippen LogP contribution < -0.4 is 33.2 Å². The number of H-pyrrole nitrogens is 1. The van der Waals surface area contributed by atoms with Crippen LogP contribution in [-0.4, -0.2) is 70.4 Å². The molecule has 0 saturated carbocycles. The highest BCUT2D eigenvalue weighted by atomic mass is 16.4. The lowest BCUT2D eigenvalue weighted by atomic mass is 10.0. The number of fused-ring (bicyclic) bond motifs is 1. The summed E-state index contributed by atoms with van der Waals surface area (Å²) in [5.41, 5.74) is 18.0. The number of para-hydroxylation sites is 1. The molecule has 2 rings (SSSR count). The topological polar surface area (TPSA) is 236 Å². The quantitative estimate of drug-likeness (QED) is 0.125. The van der Waals surface area contributed by atoms with Crippen molar-refractivity contribution in [3.8, 4) is 0 Å². The van der Waals surface area contributed by atoms with E-state index < -0.39 is 53.8 Å².